The lowest BCUT2D eigenvalue weighted by atomic mass is 10.2. The van der Waals surface area contributed by atoms with Crippen LogP contribution < -0.4 is 10.2 Å². The van der Waals surface area contributed by atoms with Gasteiger partial charge in [0, 0.05) is 37.4 Å². The number of carbonyl (C=O) groups is 1. The summed E-state index contributed by atoms with van der Waals surface area (Å²) in [6.45, 7) is 9.02. The Morgan fingerprint density at radius 1 is 1.06 bits per heavy atom. The molecule has 182 valence electrons. The van der Waals surface area contributed by atoms with Crippen LogP contribution in [-0.4, -0.2) is 62.6 Å². The first-order chi connectivity index (χ1) is 16.3. The topological polar surface area (TPSA) is 83.9 Å². The van der Waals surface area contributed by atoms with Gasteiger partial charge in [-0.25, -0.2) is 8.42 Å². The van der Waals surface area contributed by atoms with Crippen molar-refractivity contribution in [3.8, 4) is 0 Å². The summed E-state index contributed by atoms with van der Waals surface area (Å²) in [5.74, 6) is -0.212. The molecule has 0 atom stereocenters. The summed E-state index contributed by atoms with van der Waals surface area (Å²) in [5.41, 5.74) is 3.27. The van der Waals surface area contributed by atoms with Crippen molar-refractivity contribution in [2.24, 2.45) is 0 Å². The first-order valence-corrected chi connectivity index (χ1v) is 13.1. The molecule has 34 heavy (non-hydrogen) atoms. The number of para-hydroxylation sites is 1. The molecule has 1 aromatic heterocycles. The number of nitrogens with zero attached hydrogens (tertiary/aromatic N) is 3. The maximum atomic E-state index is 13.2. The molecule has 1 amide bonds. The Morgan fingerprint density at radius 2 is 1.76 bits per heavy atom. The average Bonchev–Trinajstić information content (AvgIpc) is 3.15. The molecule has 1 fully saturated rings. The predicted molar refractivity (Wildman–Crippen MR) is 135 cm³/mol. The van der Waals surface area contributed by atoms with E-state index in [2.05, 4.69) is 16.3 Å². The number of benzene rings is 2. The molecule has 0 unspecified atom stereocenters. The van der Waals surface area contributed by atoms with Gasteiger partial charge in [-0.3, -0.25) is 4.79 Å². The van der Waals surface area contributed by atoms with E-state index in [1.54, 1.807) is 18.2 Å². The van der Waals surface area contributed by atoms with Crippen LogP contribution in [0.4, 0.5) is 11.4 Å². The number of hydrogen-bond acceptors (Lipinski definition) is 5. The van der Waals surface area contributed by atoms with Gasteiger partial charge in [0.2, 0.25) is 15.9 Å². The Morgan fingerprint density at radius 3 is 2.47 bits per heavy atom. The third kappa shape index (κ3) is 4.82. The summed E-state index contributed by atoms with van der Waals surface area (Å²) in [4.78, 5) is 15.5. The van der Waals surface area contributed by atoms with Crippen molar-refractivity contribution in [3.63, 3.8) is 0 Å². The summed E-state index contributed by atoms with van der Waals surface area (Å²) in [6.07, 6.45) is 0. The number of ether oxygens (including phenoxy) is 1. The summed E-state index contributed by atoms with van der Waals surface area (Å²) < 4.78 is 35.1. The van der Waals surface area contributed by atoms with Crippen LogP contribution in [0.25, 0.3) is 10.9 Å². The second-order valence-electron chi connectivity index (χ2n) is 8.35. The van der Waals surface area contributed by atoms with Gasteiger partial charge >= 0.3 is 0 Å². The molecule has 2 heterocycles. The number of hydrogen-bond donors (Lipinski definition) is 1. The largest absolute Gasteiger partial charge is 0.378 e. The molecule has 1 aliphatic rings. The summed E-state index contributed by atoms with van der Waals surface area (Å²) in [5, 5.41) is 4.08. The molecule has 0 bridgehead atoms. The fourth-order valence-corrected chi connectivity index (χ4v) is 5.94. The van der Waals surface area contributed by atoms with Gasteiger partial charge in [-0.05, 0) is 42.6 Å². The van der Waals surface area contributed by atoms with Crippen molar-refractivity contribution in [2.75, 3.05) is 49.6 Å². The van der Waals surface area contributed by atoms with Gasteiger partial charge in [-0.15, -0.1) is 0 Å². The lowest BCUT2D eigenvalue weighted by Crippen LogP contribution is -2.37. The van der Waals surface area contributed by atoms with Crippen molar-refractivity contribution in [3.05, 3.63) is 54.2 Å². The van der Waals surface area contributed by atoms with Gasteiger partial charge in [0.15, 0.2) is 0 Å². The van der Waals surface area contributed by atoms with Crippen LogP contribution in [0.15, 0.2) is 53.4 Å². The predicted octanol–water partition coefficient (Wildman–Crippen LogP) is 3.46. The minimum atomic E-state index is -3.66. The van der Waals surface area contributed by atoms with E-state index in [0.29, 0.717) is 45.1 Å². The molecule has 1 aliphatic heterocycles. The highest BCUT2D eigenvalue weighted by Crippen LogP contribution is 2.31. The number of morpholine rings is 1. The third-order valence-electron chi connectivity index (χ3n) is 6.26. The van der Waals surface area contributed by atoms with E-state index in [1.807, 2.05) is 49.6 Å². The lowest BCUT2D eigenvalue weighted by Gasteiger charge is -2.31. The number of anilines is 2. The molecular formula is C25H32N4O4S. The van der Waals surface area contributed by atoms with Crippen LogP contribution in [0, 0.1) is 6.92 Å². The SMILES string of the molecule is CCN(CC)S(=O)(=O)c1ccc(N2CCOCC2)c(NC(=O)Cn2c(C)cc3ccccc32)c1. The van der Waals surface area contributed by atoms with Gasteiger partial charge in [-0.2, -0.15) is 4.31 Å². The Balaban J connectivity index is 1.67. The maximum Gasteiger partial charge on any atom is 0.244 e. The highest BCUT2D eigenvalue weighted by atomic mass is 32.2. The summed E-state index contributed by atoms with van der Waals surface area (Å²) >= 11 is 0. The van der Waals surface area contributed by atoms with Crippen molar-refractivity contribution >= 4 is 38.2 Å². The molecule has 9 heteroatoms. The normalized spacial score (nSPS) is 14.6. The zero-order valence-electron chi connectivity index (χ0n) is 20.0. The summed E-state index contributed by atoms with van der Waals surface area (Å²) in [6, 6.07) is 15.0. The van der Waals surface area contributed by atoms with Gasteiger partial charge in [-0.1, -0.05) is 32.0 Å². The van der Waals surface area contributed by atoms with E-state index >= 15 is 0 Å². The first kappa shape index (κ1) is 24.3. The van der Waals surface area contributed by atoms with E-state index in [1.165, 1.54) is 4.31 Å². The van der Waals surface area contributed by atoms with E-state index in [0.717, 1.165) is 22.3 Å². The molecule has 4 rings (SSSR count). The number of aryl methyl sites for hydroxylation is 1. The highest BCUT2D eigenvalue weighted by Gasteiger charge is 2.25. The van der Waals surface area contributed by atoms with Crippen LogP contribution in [0.2, 0.25) is 0 Å². The summed E-state index contributed by atoms with van der Waals surface area (Å²) in [7, 11) is -3.66. The van der Waals surface area contributed by atoms with Gasteiger partial charge in [0.25, 0.3) is 0 Å². The maximum absolute atomic E-state index is 13.2. The monoisotopic (exact) mass is 484 g/mol. The molecule has 0 aliphatic carbocycles. The van der Waals surface area contributed by atoms with Crippen LogP contribution in [0.1, 0.15) is 19.5 Å². The zero-order chi connectivity index (χ0) is 24.3. The minimum absolute atomic E-state index is 0.134. The smallest absolute Gasteiger partial charge is 0.244 e. The van der Waals surface area contributed by atoms with Gasteiger partial charge in [0.05, 0.1) is 29.5 Å². The van der Waals surface area contributed by atoms with E-state index in [9.17, 15) is 13.2 Å². The standard InChI is InChI=1S/C25H32N4O4S/c1-4-28(5-2)34(31,32)21-10-11-24(27-12-14-33-15-13-27)22(17-21)26-25(30)18-29-19(3)16-20-8-6-7-9-23(20)29/h6-11,16-17H,4-5,12-15,18H2,1-3H3,(H,26,30). The number of nitrogens with one attached hydrogen (secondary N) is 1. The van der Waals surface area contributed by atoms with E-state index in [-0.39, 0.29) is 17.3 Å². The van der Waals surface area contributed by atoms with E-state index < -0.39 is 10.0 Å². The van der Waals surface area contributed by atoms with E-state index in [4.69, 9.17) is 4.74 Å². The highest BCUT2D eigenvalue weighted by molar-refractivity contribution is 7.89. The second-order valence-corrected chi connectivity index (χ2v) is 10.3. The molecule has 0 spiro atoms. The lowest BCUT2D eigenvalue weighted by molar-refractivity contribution is -0.116. The fraction of sp³-hybridized carbons (Fsp3) is 0.400. The number of rotatable bonds is 8. The Hall–Kier alpha value is -2.88. The van der Waals surface area contributed by atoms with Crippen molar-refractivity contribution in [2.45, 2.75) is 32.2 Å². The van der Waals surface area contributed by atoms with Crippen LogP contribution in [0.3, 0.4) is 0 Å². The number of fused-ring (bicyclic) bond motifs is 1. The van der Waals surface area contributed by atoms with Crippen molar-refractivity contribution in [1.29, 1.82) is 0 Å². The third-order valence-corrected chi connectivity index (χ3v) is 8.30. The van der Waals surface area contributed by atoms with Crippen LogP contribution in [-0.2, 0) is 26.1 Å². The molecule has 1 saturated heterocycles. The Labute approximate surface area is 201 Å². The number of aromatic nitrogens is 1. The average molecular weight is 485 g/mol. The number of carbonyl (C=O) groups excluding carboxylic acids is 1. The minimum Gasteiger partial charge on any atom is -0.378 e. The van der Waals surface area contributed by atoms with Crippen molar-refractivity contribution in [1.82, 2.24) is 8.87 Å². The Kier molecular flexibility index (Phi) is 7.25. The molecule has 0 saturated carbocycles. The van der Waals surface area contributed by atoms with Gasteiger partial charge in [0.1, 0.15) is 6.54 Å². The Bertz CT molecular complexity index is 1280. The van der Waals surface area contributed by atoms with Gasteiger partial charge < -0.3 is 19.5 Å². The number of amides is 1. The molecule has 0 radical (unpaired) electrons. The molecule has 3 aromatic rings. The molecule has 8 nitrogen and oxygen atoms in total. The van der Waals surface area contributed by atoms with Crippen LogP contribution in [0.5, 0.6) is 0 Å². The molecular weight excluding hydrogens is 452 g/mol. The molecule has 1 N–H and O–H groups in total. The number of sulfonamides is 1. The quantitative estimate of drug-likeness (QED) is 0.529. The van der Waals surface area contributed by atoms with Crippen molar-refractivity contribution < 1.29 is 17.9 Å². The molecule has 2 aromatic carbocycles. The van der Waals surface area contributed by atoms with Crippen LogP contribution >= 0.6 is 0 Å². The zero-order valence-corrected chi connectivity index (χ0v) is 20.8. The first-order valence-electron chi connectivity index (χ1n) is 11.7. The second kappa shape index (κ2) is 10.2. The fourth-order valence-electron chi connectivity index (χ4n) is 4.46.